The second-order valence-electron chi connectivity index (χ2n) is 2.54. The predicted molar refractivity (Wildman–Crippen MR) is 49.3 cm³/mol. The zero-order chi connectivity index (χ0) is 9.68. The van der Waals surface area contributed by atoms with Crippen LogP contribution in [0.2, 0.25) is 0 Å². The molecule has 0 amide bonds. The second kappa shape index (κ2) is 4.24. The van der Waals surface area contributed by atoms with Gasteiger partial charge in [-0.2, -0.15) is 0 Å². The minimum absolute atomic E-state index is 0.276. The van der Waals surface area contributed by atoms with Crippen molar-refractivity contribution >= 4 is 5.96 Å². The van der Waals surface area contributed by atoms with Crippen LogP contribution in [0.4, 0.5) is 0 Å². The summed E-state index contributed by atoms with van der Waals surface area (Å²) in [5, 5.41) is 3.36. The van der Waals surface area contributed by atoms with E-state index in [1.165, 1.54) is 6.33 Å². The molecule has 0 spiro atoms. The fourth-order valence-electron chi connectivity index (χ4n) is 0.834. The van der Waals surface area contributed by atoms with Crippen LogP contribution in [-0.2, 0) is 6.54 Å². The smallest absolute Gasteiger partial charge is 0.213 e. The molecule has 0 bridgehead atoms. The lowest BCUT2D eigenvalue weighted by Crippen LogP contribution is -2.34. The van der Waals surface area contributed by atoms with Crippen molar-refractivity contribution < 1.29 is 0 Å². The van der Waals surface area contributed by atoms with Crippen molar-refractivity contribution in [3.8, 4) is 0 Å². The van der Waals surface area contributed by atoms with E-state index < -0.39 is 0 Å². The van der Waals surface area contributed by atoms with Gasteiger partial charge in [-0.1, -0.05) is 0 Å². The third-order valence-corrected chi connectivity index (χ3v) is 1.57. The first-order valence-electron chi connectivity index (χ1n) is 3.73. The number of rotatable bonds is 2. The number of hydrogen-bond acceptors (Lipinski definition) is 4. The van der Waals surface area contributed by atoms with Crippen molar-refractivity contribution in [3.05, 3.63) is 24.3 Å². The van der Waals surface area contributed by atoms with Gasteiger partial charge in [0.15, 0.2) is 0 Å². The Morgan fingerprint density at radius 3 is 3.00 bits per heavy atom. The summed E-state index contributed by atoms with van der Waals surface area (Å²) in [7, 11) is 1.79. The lowest BCUT2D eigenvalue weighted by molar-refractivity contribution is 0.484. The summed E-state index contributed by atoms with van der Waals surface area (Å²) in [6.45, 7) is 0.565. The van der Waals surface area contributed by atoms with Crippen LogP contribution in [0.15, 0.2) is 23.7 Å². The fraction of sp³-hybridized carbons (Fsp3) is 0.286. The minimum Gasteiger partial charge on any atom is -0.368 e. The van der Waals surface area contributed by atoms with E-state index in [0.29, 0.717) is 6.54 Å². The molecule has 0 fully saturated rings. The highest BCUT2D eigenvalue weighted by Gasteiger charge is 2.02. The molecular formula is C7H12N6. The summed E-state index contributed by atoms with van der Waals surface area (Å²) in [4.78, 5) is 9.53. The Kier molecular flexibility index (Phi) is 3.02. The van der Waals surface area contributed by atoms with Crippen LogP contribution in [-0.4, -0.2) is 27.9 Å². The number of nitrogens with two attached hydrogens (primary N) is 2. The Hall–Kier alpha value is -1.85. The molecule has 0 atom stereocenters. The molecule has 0 aliphatic carbocycles. The van der Waals surface area contributed by atoms with Crippen LogP contribution < -0.4 is 11.6 Å². The van der Waals surface area contributed by atoms with Gasteiger partial charge in [-0.3, -0.25) is 0 Å². The first-order valence-corrected chi connectivity index (χ1v) is 3.73. The molecule has 1 aromatic rings. The Balaban J connectivity index is 2.60. The molecule has 13 heavy (non-hydrogen) atoms. The fourth-order valence-corrected chi connectivity index (χ4v) is 0.834. The quantitative estimate of drug-likeness (QED) is 0.266. The topological polar surface area (TPSA) is 93.4 Å². The number of hydrogen-bond donors (Lipinski definition) is 2. The molecule has 0 saturated heterocycles. The van der Waals surface area contributed by atoms with Gasteiger partial charge >= 0.3 is 0 Å². The maximum Gasteiger partial charge on any atom is 0.213 e. The number of hydrazone groups is 1. The summed E-state index contributed by atoms with van der Waals surface area (Å²) in [5.41, 5.74) is 6.34. The van der Waals surface area contributed by atoms with Crippen LogP contribution >= 0.6 is 0 Å². The lowest BCUT2D eigenvalue weighted by Gasteiger charge is -2.15. The van der Waals surface area contributed by atoms with Gasteiger partial charge in [-0.05, 0) is 6.07 Å². The average Bonchev–Trinajstić information content (AvgIpc) is 2.18. The molecule has 0 unspecified atom stereocenters. The first kappa shape index (κ1) is 9.24. The molecule has 0 aliphatic heterocycles. The standard InChI is InChI=1S/C7H12N6/c1-13(7(8)12-9)4-6-2-3-10-5-11-6/h2-3,5H,4,9H2,1H3,(H2,8,12). The van der Waals surface area contributed by atoms with Gasteiger partial charge in [-0.15, -0.1) is 5.10 Å². The molecule has 0 aliphatic rings. The summed E-state index contributed by atoms with van der Waals surface area (Å²) in [6, 6.07) is 1.81. The summed E-state index contributed by atoms with van der Waals surface area (Å²) in [5.74, 6) is 5.29. The van der Waals surface area contributed by atoms with Gasteiger partial charge in [0.25, 0.3) is 0 Å². The number of guanidine groups is 1. The van der Waals surface area contributed by atoms with Gasteiger partial charge in [0, 0.05) is 13.2 Å². The van der Waals surface area contributed by atoms with Crippen molar-refractivity contribution in [2.75, 3.05) is 7.05 Å². The maximum atomic E-state index is 5.47. The van der Waals surface area contributed by atoms with Crippen molar-refractivity contribution in [2.24, 2.45) is 16.7 Å². The Morgan fingerprint density at radius 2 is 2.46 bits per heavy atom. The van der Waals surface area contributed by atoms with E-state index in [1.54, 1.807) is 24.2 Å². The predicted octanol–water partition coefficient (Wildman–Crippen LogP) is -0.903. The SMILES string of the molecule is CN(Cc1ccncn1)/C(N)=N/N. The third-order valence-electron chi connectivity index (χ3n) is 1.57. The molecule has 0 aromatic carbocycles. The minimum atomic E-state index is 0.276. The number of nitrogens with zero attached hydrogens (tertiary/aromatic N) is 4. The van der Waals surface area contributed by atoms with Gasteiger partial charge < -0.3 is 16.5 Å². The molecule has 70 valence electrons. The van der Waals surface area contributed by atoms with Crippen LogP contribution in [0.1, 0.15) is 5.69 Å². The van der Waals surface area contributed by atoms with Crippen LogP contribution in [0.3, 0.4) is 0 Å². The Labute approximate surface area is 76.3 Å². The van der Waals surface area contributed by atoms with E-state index in [1.807, 2.05) is 0 Å². The lowest BCUT2D eigenvalue weighted by atomic mass is 10.4. The van der Waals surface area contributed by atoms with E-state index >= 15 is 0 Å². The van der Waals surface area contributed by atoms with Gasteiger partial charge in [-0.25, -0.2) is 9.97 Å². The maximum absolute atomic E-state index is 5.47. The summed E-state index contributed by atoms with van der Waals surface area (Å²) >= 11 is 0. The molecule has 4 N–H and O–H groups in total. The van der Waals surface area contributed by atoms with E-state index in [2.05, 4.69) is 15.1 Å². The van der Waals surface area contributed by atoms with Crippen molar-refractivity contribution in [3.63, 3.8) is 0 Å². The Bertz CT molecular complexity index is 282. The normalized spacial score (nSPS) is 11.3. The van der Waals surface area contributed by atoms with Gasteiger partial charge in [0.05, 0.1) is 12.2 Å². The first-order chi connectivity index (χ1) is 6.24. The van der Waals surface area contributed by atoms with E-state index in [9.17, 15) is 0 Å². The molecule has 6 heteroatoms. The molecule has 1 rings (SSSR count). The summed E-state index contributed by atoms with van der Waals surface area (Å²) in [6.07, 6.45) is 3.16. The van der Waals surface area contributed by atoms with Crippen LogP contribution in [0.25, 0.3) is 0 Å². The average molecular weight is 180 g/mol. The zero-order valence-corrected chi connectivity index (χ0v) is 7.38. The molecule has 0 saturated carbocycles. The monoisotopic (exact) mass is 180 g/mol. The van der Waals surface area contributed by atoms with Crippen LogP contribution in [0.5, 0.6) is 0 Å². The van der Waals surface area contributed by atoms with E-state index in [-0.39, 0.29) is 5.96 Å². The van der Waals surface area contributed by atoms with E-state index in [0.717, 1.165) is 5.69 Å². The number of aromatic nitrogens is 2. The Morgan fingerprint density at radius 1 is 1.69 bits per heavy atom. The molecule has 1 heterocycles. The van der Waals surface area contributed by atoms with Gasteiger partial charge in [0.2, 0.25) is 5.96 Å². The highest BCUT2D eigenvalue weighted by molar-refractivity contribution is 5.77. The van der Waals surface area contributed by atoms with E-state index in [4.69, 9.17) is 11.6 Å². The highest BCUT2D eigenvalue weighted by Crippen LogP contribution is 1.95. The largest absolute Gasteiger partial charge is 0.368 e. The molecule has 0 radical (unpaired) electrons. The molecule has 1 aromatic heterocycles. The zero-order valence-electron chi connectivity index (χ0n) is 7.38. The molecule has 6 nitrogen and oxygen atoms in total. The van der Waals surface area contributed by atoms with Crippen molar-refractivity contribution in [2.45, 2.75) is 6.54 Å². The highest BCUT2D eigenvalue weighted by atomic mass is 15.3. The second-order valence-corrected chi connectivity index (χ2v) is 2.54. The van der Waals surface area contributed by atoms with Gasteiger partial charge in [0.1, 0.15) is 6.33 Å². The molecular weight excluding hydrogens is 168 g/mol. The summed E-state index contributed by atoms with van der Waals surface area (Å²) < 4.78 is 0. The van der Waals surface area contributed by atoms with Crippen molar-refractivity contribution in [1.29, 1.82) is 0 Å². The van der Waals surface area contributed by atoms with Crippen molar-refractivity contribution in [1.82, 2.24) is 14.9 Å². The van der Waals surface area contributed by atoms with Crippen LogP contribution in [0, 0.1) is 0 Å². The third kappa shape index (κ3) is 2.58.